The van der Waals surface area contributed by atoms with Crippen LogP contribution in [0.5, 0.6) is 0 Å². The molecule has 0 saturated heterocycles. The molecule has 0 spiro atoms. The number of hydrogen-bond acceptors (Lipinski definition) is 2. The van der Waals surface area contributed by atoms with Gasteiger partial charge in [-0.05, 0) is 104 Å². The van der Waals surface area contributed by atoms with Crippen molar-refractivity contribution in [1.29, 1.82) is 0 Å². The summed E-state index contributed by atoms with van der Waals surface area (Å²) in [7, 11) is -1.48. The van der Waals surface area contributed by atoms with E-state index < -0.39 is 8.07 Å². The lowest BCUT2D eigenvalue weighted by Crippen LogP contribution is -2.37. The zero-order valence-corrected chi connectivity index (χ0v) is 32.1. The van der Waals surface area contributed by atoms with Gasteiger partial charge in [-0.15, -0.1) is 0 Å². The van der Waals surface area contributed by atoms with Gasteiger partial charge in [0.1, 0.15) is 5.58 Å². The molecule has 3 heteroatoms. The van der Waals surface area contributed by atoms with Crippen molar-refractivity contribution < 1.29 is 4.42 Å². The van der Waals surface area contributed by atoms with Crippen molar-refractivity contribution in [3.63, 3.8) is 0 Å². The molecule has 1 heterocycles. The van der Waals surface area contributed by atoms with Crippen LogP contribution in [-0.4, -0.2) is 8.07 Å². The average Bonchev–Trinajstić information content (AvgIpc) is 3.71. The molecule has 0 fully saturated rings. The van der Waals surface area contributed by atoms with Crippen molar-refractivity contribution in [3.05, 3.63) is 156 Å². The molecule has 2 aliphatic rings. The first kappa shape index (κ1) is 31.4. The van der Waals surface area contributed by atoms with Gasteiger partial charge in [0, 0.05) is 33.0 Å². The van der Waals surface area contributed by atoms with Gasteiger partial charge in [-0.1, -0.05) is 137 Å². The van der Waals surface area contributed by atoms with Crippen LogP contribution in [0.1, 0.15) is 49.9 Å². The lowest BCUT2D eigenvalue weighted by molar-refractivity contribution is 0.652. The molecule has 1 aromatic heterocycles. The second kappa shape index (κ2) is 10.6. The smallest absolute Gasteiger partial charge is 0.159 e. The summed E-state index contributed by atoms with van der Waals surface area (Å²) >= 11 is 0. The van der Waals surface area contributed by atoms with E-state index in [-0.39, 0.29) is 10.8 Å². The molecule has 0 N–H and O–H groups in total. The maximum atomic E-state index is 6.66. The van der Waals surface area contributed by atoms with E-state index in [0.717, 1.165) is 39.0 Å². The predicted octanol–water partition coefficient (Wildman–Crippen LogP) is 13.4. The third-order valence-corrected chi connectivity index (χ3v) is 14.3. The summed E-state index contributed by atoms with van der Waals surface area (Å²) in [6.45, 7) is 16.8. The van der Waals surface area contributed by atoms with Crippen molar-refractivity contribution in [3.8, 4) is 22.3 Å². The number of para-hydroxylation sites is 2. The Kier molecular flexibility index (Phi) is 6.38. The minimum absolute atomic E-state index is 0.0826. The van der Waals surface area contributed by atoms with E-state index in [4.69, 9.17) is 4.42 Å². The molecule has 0 radical (unpaired) electrons. The van der Waals surface area contributed by atoms with Gasteiger partial charge >= 0.3 is 0 Å². The molecular formula is C49H43NOSi. The van der Waals surface area contributed by atoms with Crippen molar-refractivity contribution in [2.75, 3.05) is 4.90 Å². The van der Waals surface area contributed by atoms with Crippen LogP contribution < -0.4 is 10.1 Å². The Morgan fingerprint density at radius 1 is 0.500 bits per heavy atom. The van der Waals surface area contributed by atoms with E-state index in [2.05, 4.69) is 186 Å². The maximum absolute atomic E-state index is 6.66. The lowest BCUT2D eigenvalue weighted by Gasteiger charge is -2.29. The Hall–Kier alpha value is -5.38. The molecule has 254 valence electrons. The molecule has 52 heavy (non-hydrogen) atoms. The highest BCUT2D eigenvalue weighted by Crippen LogP contribution is 2.58. The van der Waals surface area contributed by atoms with E-state index in [0.29, 0.717) is 0 Å². The van der Waals surface area contributed by atoms with E-state index in [1.165, 1.54) is 60.5 Å². The molecule has 0 aliphatic heterocycles. The molecule has 0 unspecified atom stereocenters. The van der Waals surface area contributed by atoms with Gasteiger partial charge in [0.2, 0.25) is 0 Å². The number of fused-ring (bicyclic) bond motifs is 11. The van der Waals surface area contributed by atoms with Gasteiger partial charge in [-0.25, -0.2) is 0 Å². The highest BCUT2D eigenvalue weighted by Gasteiger charge is 2.42. The minimum atomic E-state index is -1.48. The molecule has 0 atom stereocenters. The largest absolute Gasteiger partial charge is 0.454 e. The van der Waals surface area contributed by atoms with Crippen LogP contribution in [0.3, 0.4) is 0 Å². The third-order valence-electron chi connectivity index (χ3n) is 12.2. The van der Waals surface area contributed by atoms with Crippen molar-refractivity contribution in [2.24, 2.45) is 0 Å². The monoisotopic (exact) mass is 689 g/mol. The lowest BCUT2D eigenvalue weighted by atomic mass is 9.79. The van der Waals surface area contributed by atoms with Crippen LogP contribution in [0, 0.1) is 0 Å². The van der Waals surface area contributed by atoms with Crippen molar-refractivity contribution >= 4 is 63.0 Å². The SMILES string of the molecule is CC1(C)c2cc(N(c3ccc([Si](C)(C)C)cc3)c3cccc4c3oc3ccccc34)ccc2-c2cc3c(cc21)-c1c(ccc2ccccc12)C3(C)C. The first-order valence-corrected chi connectivity index (χ1v) is 22.1. The molecule has 0 amide bonds. The van der Waals surface area contributed by atoms with Crippen molar-refractivity contribution in [1.82, 2.24) is 0 Å². The van der Waals surface area contributed by atoms with Gasteiger partial charge in [-0.2, -0.15) is 0 Å². The number of rotatable bonds is 4. The number of nitrogens with zero attached hydrogens (tertiary/aromatic N) is 1. The maximum Gasteiger partial charge on any atom is 0.159 e. The fraction of sp³-hybridized carbons (Fsp3) is 0.184. The number of hydrogen-bond donors (Lipinski definition) is 0. The minimum Gasteiger partial charge on any atom is -0.454 e. The number of benzene rings is 7. The Morgan fingerprint density at radius 3 is 1.92 bits per heavy atom. The normalized spacial score (nSPS) is 15.1. The molecule has 2 aliphatic carbocycles. The quantitative estimate of drug-likeness (QED) is 0.171. The number of anilines is 3. The fourth-order valence-corrected chi connectivity index (χ4v) is 10.5. The highest BCUT2D eigenvalue weighted by molar-refractivity contribution is 6.88. The molecule has 0 saturated carbocycles. The molecule has 8 aromatic rings. The summed E-state index contributed by atoms with van der Waals surface area (Å²) in [4.78, 5) is 2.41. The Balaban J connectivity index is 1.17. The summed E-state index contributed by atoms with van der Waals surface area (Å²) < 4.78 is 6.66. The molecule has 2 nitrogen and oxygen atoms in total. The summed E-state index contributed by atoms with van der Waals surface area (Å²) in [6.07, 6.45) is 0. The van der Waals surface area contributed by atoms with Crippen LogP contribution >= 0.6 is 0 Å². The van der Waals surface area contributed by atoms with Gasteiger partial charge in [-0.3, -0.25) is 0 Å². The van der Waals surface area contributed by atoms with Gasteiger partial charge in [0.05, 0.1) is 13.8 Å². The van der Waals surface area contributed by atoms with E-state index >= 15 is 0 Å². The zero-order chi connectivity index (χ0) is 35.7. The van der Waals surface area contributed by atoms with E-state index in [1.54, 1.807) is 0 Å². The standard InChI is InChI=1S/C49H43NOSi/c1-48(2)40-26-19-30-13-8-9-14-34(30)46(40)39-29-42-38(28-43(39)48)35-25-22-32(27-41(35)49(42,3)4)50(31-20-23-33(24-21-31)52(5,6)7)44-17-12-16-37-36-15-10-11-18-45(36)51-47(37)44/h8-29H,1-7H3. The summed E-state index contributed by atoms with van der Waals surface area (Å²) in [5.41, 5.74) is 16.0. The molecular weight excluding hydrogens is 647 g/mol. The van der Waals surface area contributed by atoms with Gasteiger partial charge < -0.3 is 9.32 Å². The van der Waals surface area contributed by atoms with Crippen LogP contribution in [-0.2, 0) is 10.8 Å². The first-order valence-electron chi connectivity index (χ1n) is 18.6. The Labute approximate surface area is 307 Å². The van der Waals surface area contributed by atoms with Crippen LogP contribution in [0.15, 0.2) is 138 Å². The van der Waals surface area contributed by atoms with Crippen LogP contribution in [0.4, 0.5) is 17.1 Å². The van der Waals surface area contributed by atoms with Crippen LogP contribution in [0.25, 0.3) is 55.0 Å². The predicted molar refractivity (Wildman–Crippen MR) is 224 cm³/mol. The van der Waals surface area contributed by atoms with E-state index in [1.807, 2.05) is 0 Å². The van der Waals surface area contributed by atoms with Crippen molar-refractivity contribution in [2.45, 2.75) is 58.2 Å². The average molecular weight is 690 g/mol. The molecule has 0 bridgehead atoms. The van der Waals surface area contributed by atoms with Gasteiger partial charge in [0.15, 0.2) is 5.58 Å². The second-order valence-corrected chi connectivity index (χ2v) is 22.1. The zero-order valence-electron chi connectivity index (χ0n) is 31.1. The van der Waals surface area contributed by atoms with E-state index in [9.17, 15) is 0 Å². The molecule has 7 aromatic carbocycles. The Bertz CT molecular complexity index is 2780. The highest BCUT2D eigenvalue weighted by atomic mass is 28.3. The van der Waals surface area contributed by atoms with Gasteiger partial charge in [0.25, 0.3) is 0 Å². The Morgan fingerprint density at radius 2 is 1.13 bits per heavy atom. The summed E-state index contributed by atoms with van der Waals surface area (Å²) in [5, 5.41) is 6.38. The summed E-state index contributed by atoms with van der Waals surface area (Å²) in [5.74, 6) is 0. The first-order chi connectivity index (χ1) is 24.9. The third kappa shape index (κ3) is 4.29. The second-order valence-electron chi connectivity index (χ2n) is 17.0. The van der Waals surface area contributed by atoms with Crippen LogP contribution in [0.2, 0.25) is 19.6 Å². The molecule has 10 rings (SSSR count). The fourth-order valence-electron chi connectivity index (χ4n) is 9.31. The number of furan rings is 1. The topological polar surface area (TPSA) is 16.4 Å². The summed E-state index contributed by atoms with van der Waals surface area (Å²) in [6, 6.07) is 49.9.